The van der Waals surface area contributed by atoms with Crippen LogP contribution in [0, 0.1) is 5.82 Å². The van der Waals surface area contributed by atoms with Gasteiger partial charge in [-0.15, -0.1) is 0 Å². The molecule has 1 N–H and O–H groups in total. The molecule has 2 aromatic rings. The van der Waals surface area contributed by atoms with E-state index in [9.17, 15) is 4.39 Å². The third-order valence-electron chi connectivity index (χ3n) is 2.45. The van der Waals surface area contributed by atoms with E-state index >= 15 is 0 Å². The molecule has 0 aromatic heterocycles. The Labute approximate surface area is 119 Å². The van der Waals surface area contributed by atoms with E-state index in [4.69, 9.17) is 0 Å². The molecule has 0 saturated carbocycles. The topological polar surface area (TPSA) is 12.0 Å². The molecular formula is C14H13BrFNS. The Morgan fingerprint density at radius 1 is 1.17 bits per heavy atom. The van der Waals surface area contributed by atoms with Crippen molar-refractivity contribution in [3.63, 3.8) is 0 Å². The van der Waals surface area contributed by atoms with Crippen LogP contribution in [0.3, 0.4) is 0 Å². The van der Waals surface area contributed by atoms with Crippen molar-refractivity contribution in [2.75, 3.05) is 7.05 Å². The second kappa shape index (κ2) is 6.36. The van der Waals surface area contributed by atoms with Gasteiger partial charge in [-0.1, -0.05) is 39.8 Å². The lowest BCUT2D eigenvalue weighted by Crippen LogP contribution is -2.06. The number of hydrogen-bond donors (Lipinski definition) is 1. The molecule has 94 valence electrons. The third kappa shape index (κ3) is 3.34. The van der Waals surface area contributed by atoms with Crippen LogP contribution >= 0.6 is 27.7 Å². The number of rotatable bonds is 4. The smallest absolute Gasteiger partial charge is 0.137 e. The summed E-state index contributed by atoms with van der Waals surface area (Å²) >= 11 is 4.91. The highest BCUT2D eigenvalue weighted by Crippen LogP contribution is 2.33. The quantitative estimate of drug-likeness (QED) is 0.890. The summed E-state index contributed by atoms with van der Waals surface area (Å²) in [6, 6.07) is 12.9. The normalized spacial score (nSPS) is 10.6. The molecule has 0 unspecified atom stereocenters. The molecule has 0 atom stereocenters. The van der Waals surface area contributed by atoms with Crippen molar-refractivity contribution < 1.29 is 4.39 Å². The molecule has 0 fully saturated rings. The van der Waals surface area contributed by atoms with E-state index < -0.39 is 0 Å². The lowest BCUT2D eigenvalue weighted by atomic mass is 10.2. The SMILES string of the molecule is CNCc1cc(Br)ccc1Sc1ccccc1F. The van der Waals surface area contributed by atoms with Crippen LogP contribution in [-0.2, 0) is 6.54 Å². The van der Waals surface area contributed by atoms with Crippen LogP contribution in [0.1, 0.15) is 5.56 Å². The second-order valence-corrected chi connectivity index (χ2v) is 5.81. The molecule has 1 nitrogen and oxygen atoms in total. The molecule has 0 heterocycles. The van der Waals surface area contributed by atoms with Gasteiger partial charge in [-0.3, -0.25) is 0 Å². The van der Waals surface area contributed by atoms with Crippen LogP contribution in [0.25, 0.3) is 0 Å². The van der Waals surface area contributed by atoms with Crippen molar-refractivity contribution in [1.82, 2.24) is 5.32 Å². The van der Waals surface area contributed by atoms with Gasteiger partial charge in [-0.25, -0.2) is 4.39 Å². The van der Waals surface area contributed by atoms with Gasteiger partial charge in [-0.2, -0.15) is 0 Å². The Morgan fingerprint density at radius 3 is 2.67 bits per heavy atom. The fourth-order valence-electron chi connectivity index (χ4n) is 1.62. The largest absolute Gasteiger partial charge is 0.316 e. The molecule has 0 saturated heterocycles. The Bertz CT molecular complexity index is 545. The molecule has 18 heavy (non-hydrogen) atoms. The van der Waals surface area contributed by atoms with Crippen molar-refractivity contribution in [1.29, 1.82) is 0 Å². The van der Waals surface area contributed by atoms with Gasteiger partial charge in [-0.05, 0) is 42.9 Å². The van der Waals surface area contributed by atoms with Gasteiger partial charge >= 0.3 is 0 Å². The summed E-state index contributed by atoms with van der Waals surface area (Å²) in [4.78, 5) is 1.72. The lowest BCUT2D eigenvalue weighted by Gasteiger charge is -2.10. The van der Waals surface area contributed by atoms with Gasteiger partial charge in [0.2, 0.25) is 0 Å². The van der Waals surface area contributed by atoms with Gasteiger partial charge in [0.25, 0.3) is 0 Å². The van der Waals surface area contributed by atoms with Crippen molar-refractivity contribution in [3.05, 3.63) is 58.3 Å². The fraction of sp³-hybridized carbons (Fsp3) is 0.143. The van der Waals surface area contributed by atoms with Crippen molar-refractivity contribution in [2.45, 2.75) is 16.3 Å². The number of benzene rings is 2. The molecule has 0 aliphatic heterocycles. The second-order valence-electron chi connectivity index (χ2n) is 3.81. The first-order valence-corrected chi connectivity index (χ1v) is 7.17. The Balaban J connectivity index is 2.31. The molecule has 0 aliphatic rings. The highest BCUT2D eigenvalue weighted by molar-refractivity contribution is 9.10. The van der Waals surface area contributed by atoms with Crippen molar-refractivity contribution in [2.24, 2.45) is 0 Å². The number of nitrogens with one attached hydrogen (secondary N) is 1. The zero-order valence-corrected chi connectivity index (χ0v) is 12.3. The first-order valence-electron chi connectivity index (χ1n) is 5.56. The van der Waals surface area contributed by atoms with Crippen molar-refractivity contribution >= 4 is 27.7 Å². The zero-order valence-electron chi connectivity index (χ0n) is 9.91. The third-order valence-corrected chi connectivity index (χ3v) is 4.11. The first-order chi connectivity index (χ1) is 8.70. The van der Waals surface area contributed by atoms with Gasteiger partial charge in [0.1, 0.15) is 5.82 Å². The Morgan fingerprint density at radius 2 is 1.94 bits per heavy atom. The maximum absolute atomic E-state index is 13.6. The van der Waals surface area contributed by atoms with E-state index in [1.165, 1.54) is 17.8 Å². The summed E-state index contributed by atoms with van der Waals surface area (Å²) in [5.74, 6) is -0.180. The van der Waals surface area contributed by atoms with Crippen LogP contribution in [0.2, 0.25) is 0 Å². The van der Waals surface area contributed by atoms with Gasteiger partial charge in [0.15, 0.2) is 0 Å². The summed E-state index contributed by atoms with van der Waals surface area (Å²) in [6.07, 6.45) is 0. The van der Waals surface area contributed by atoms with Crippen LogP contribution in [0.4, 0.5) is 4.39 Å². The lowest BCUT2D eigenvalue weighted by molar-refractivity contribution is 0.602. The first kappa shape index (κ1) is 13.6. The van der Waals surface area contributed by atoms with E-state index in [1.54, 1.807) is 12.1 Å². The van der Waals surface area contributed by atoms with Gasteiger partial charge < -0.3 is 5.32 Å². The molecule has 0 spiro atoms. The fourth-order valence-corrected chi connectivity index (χ4v) is 2.98. The average molecular weight is 326 g/mol. The summed E-state index contributed by atoms with van der Waals surface area (Å²) in [6.45, 7) is 0.760. The van der Waals surface area contributed by atoms with E-state index in [0.29, 0.717) is 4.90 Å². The summed E-state index contributed by atoms with van der Waals surface area (Å²) in [5.41, 5.74) is 1.15. The highest BCUT2D eigenvalue weighted by atomic mass is 79.9. The highest BCUT2D eigenvalue weighted by Gasteiger charge is 2.07. The summed E-state index contributed by atoms with van der Waals surface area (Å²) in [5, 5.41) is 3.12. The summed E-state index contributed by atoms with van der Waals surface area (Å²) in [7, 11) is 1.90. The van der Waals surface area contributed by atoms with E-state index in [1.807, 2.05) is 25.2 Å². The van der Waals surface area contributed by atoms with Gasteiger partial charge in [0, 0.05) is 20.8 Å². The average Bonchev–Trinajstić information content (AvgIpc) is 2.35. The van der Waals surface area contributed by atoms with Crippen LogP contribution in [-0.4, -0.2) is 7.05 Å². The maximum atomic E-state index is 13.6. The predicted octanol–water partition coefficient (Wildman–Crippen LogP) is 4.46. The number of hydrogen-bond acceptors (Lipinski definition) is 2. The minimum Gasteiger partial charge on any atom is -0.316 e. The van der Waals surface area contributed by atoms with E-state index in [-0.39, 0.29) is 5.82 Å². The molecule has 0 aliphatic carbocycles. The van der Waals surface area contributed by atoms with Crippen LogP contribution in [0.15, 0.2) is 56.7 Å². The van der Waals surface area contributed by atoms with Crippen LogP contribution in [0.5, 0.6) is 0 Å². The minimum absolute atomic E-state index is 0.180. The minimum atomic E-state index is -0.180. The van der Waals surface area contributed by atoms with Crippen molar-refractivity contribution in [3.8, 4) is 0 Å². The Kier molecular flexibility index (Phi) is 4.80. The molecule has 2 rings (SSSR count). The predicted molar refractivity (Wildman–Crippen MR) is 77.4 cm³/mol. The molecular weight excluding hydrogens is 313 g/mol. The monoisotopic (exact) mass is 325 g/mol. The standard InChI is InChI=1S/C14H13BrFNS/c1-17-9-10-8-11(15)6-7-13(10)18-14-5-3-2-4-12(14)16/h2-8,17H,9H2,1H3. The molecule has 0 bridgehead atoms. The summed E-state index contributed by atoms with van der Waals surface area (Å²) < 4.78 is 14.7. The van der Waals surface area contributed by atoms with Crippen LogP contribution < -0.4 is 5.32 Å². The molecule has 0 amide bonds. The molecule has 4 heteroatoms. The van der Waals surface area contributed by atoms with Gasteiger partial charge in [0.05, 0.1) is 0 Å². The zero-order chi connectivity index (χ0) is 13.0. The van der Waals surface area contributed by atoms with E-state index in [0.717, 1.165) is 21.5 Å². The Hall–Kier alpha value is -0.840. The molecule has 0 radical (unpaired) electrons. The number of halogens is 2. The maximum Gasteiger partial charge on any atom is 0.137 e. The molecule has 2 aromatic carbocycles. The van der Waals surface area contributed by atoms with E-state index in [2.05, 4.69) is 27.3 Å².